The van der Waals surface area contributed by atoms with Gasteiger partial charge in [-0.05, 0) is 51.1 Å². The summed E-state index contributed by atoms with van der Waals surface area (Å²) in [4.78, 5) is 27.3. The van der Waals surface area contributed by atoms with Crippen molar-refractivity contribution in [3.8, 4) is 0 Å². The van der Waals surface area contributed by atoms with Crippen molar-refractivity contribution in [1.29, 1.82) is 0 Å². The number of nitrogens with one attached hydrogen (secondary N) is 2. The number of carbonyl (C=O) groups is 2. The summed E-state index contributed by atoms with van der Waals surface area (Å²) in [5, 5.41) is 5.89. The molecule has 27 heavy (non-hydrogen) atoms. The number of carbonyl (C=O) groups excluding carboxylic acids is 2. The van der Waals surface area contributed by atoms with Gasteiger partial charge in [-0.15, -0.1) is 0 Å². The lowest BCUT2D eigenvalue weighted by molar-refractivity contribution is -0.122. The summed E-state index contributed by atoms with van der Waals surface area (Å²) < 4.78 is 0. The van der Waals surface area contributed by atoms with Crippen molar-refractivity contribution < 1.29 is 9.59 Å². The molecular formula is C21H34N4O2. The first kappa shape index (κ1) is 21.4. The summed E-state index contributed by atoms with van der Waals surface area (Å²) >= 11 is 0. The van der Waals surface area contributed by atoms with Crippen LogP contribution in [0.3, 0.4) is 0 Å². The molecule has 0 radical (unpaired) electrons. The van der Waals surface area contributed by atoms with Gasteiger partial charge in [-0.2, -0.15) is 0 Å². The van der Waals surface area contributed by atoms with E-state index < -0.39 is 5.54 Å². The van der Waals surface area contributed by atoms with Gasteiger partial charge < -0.3 is 21.3 Å². The highest BCUT2D eigenvalue weighted by Gasteiger charge is 2.37. The van der Waals surface area contributed by atoms with Crippen LogP contribution in [-0.4, -0.2) is 48.4 Å². The minimum absolute atomic E-state index is 0.0567. The Morgan fingerprint density at radius 1 is 1.26 bits per heavy atom. The molecule has 6 nitrogen and oxygen atoms in total. The van der Waals surface area contributed by atoms with E-state index in [0.717, 1.165) is 45.3 Å². The van der Waals surface area contributed by atoms with E-state index in [-0.39, 0.29) is 17.7 Å². The predicted molar refractivity (Wildman–Crippen MR) is 110 cm³/mol. The van der Waals surface area contributed by atoms with Crippen LogP contribution in [0.15, 0.2) is 24.3 Å². The second-order valence-electron chi connectivity index (χ2n) is 7.66. The molecule has 0 spiro atoms. The van der Waals surface area contributed by atoms with Crippen LogP contribution in [0.1, 0.15) is 56.8 Å². The lowest BCUT2D eigenvalue weighted by Crippen LogP contribution is -2.51. The van der Waals surface area contributed by atoms with Gasteiger partial charge in [0.2, 0.25) is 5.91 Å². The Bertz CT molecular complexity index is 641. The fourth-order valence-corrected chi connectivity index (χ4v) is 3.73. The Morgan fingerprint density at radius 3 is 2.67 bits per heavy atom. The molecule has 0 aromatic heterocycles. The van der Waals surface area contributed by atoms with Crippen molar-refractivity contribution in [2.45, 2.75) is 52.0 Å². The van der Waals surface area contributed by atoms with E-state index >= 15 is 0 Å². The molecule has 1 fully saturated rings. The number of benzene rings is 1. The molecule has 1 aliphatic rings. The van der Waals surface area contributed by atoms with Crippen molar-refractivity contribution in [1.82, 2.24) is 10.2 Å². The average molecular weight is 375 g/mol. The Hall–Kier alpha value is -1.92. The van der Waals surface area contributed by atoms with Gasteiger partial charge in [0, 0.05) is 29.9 Å². The zero-order chi connectivity index (χ0) is 19.9. The fraction of sp³-hybridized carbons (Fsp3) is 0.619. The summed E-state index contributed by atoms with van der Waals surface area (Å²) in [5.41, 5.74) is 7.04. The lowest BCUT2D eigenvalue weighted by Gasteiger charge is -2.37. The Kier molecular flexibility index (Phi) is 7.80. The highest BCUT2D eigenvalue weighted by Crippen LogP contribution is 2.32. The van der Waals surface area contributed by atoms with E-state index in [2.05, 4.69) is 29.4 Å². The van der Waals surface area contributed by atoms with Crippen molar-refractivity contribution in [3.63, 3.8) is 0 Å². The van der Waals surface area contributed by atoms with Crippen molar-refractivity contribution in [3.05, 3.63) is 29.8 Å². The van der Waals surface area contributed by atoms with Gasteiger partial charge in [0.1, 0.15) is 0 Å². The van der Waals surface area contributed by atoms with E-state index in [1.54, 1.807) is 24.3 Å². The molecule has 1 aliphatic carbocycles. The second-order valence-corrected chi connectivity index (χ2v) is 7.66. The first-order valence-electron chi connectivity index (χ1n) is 10.1. The zero-order valence-corrected chi connectivity index (χ0v) is 16.9. The number of nitrogens with zero attached hydrogens (tertiary/aromatic N) is 1. The maximum Gasteiger partial charge on any atom is 0.251 e. The van der Waals surface area contributed by atoms with Crippen LogP contribution in [0, 0.1) is 5.92 Å². The van der Waals surface area contributed by atoms with E-state index in [1.165, 1.54) is 0 Å². The molecule has 2 amide bonds. The van der Waals surface area contributed by atoms with E-state index in [9.17, 15) is 9.59 Å². The van der Waals surface area contributed by atoms with Crippen molar-refractivity contribution in [2.24, 2.45) is 11.7 Å². The van der Waals surface area contributed by atoms with Gasteiger partial charge in [-0.3, -0.25) is 9.59 Å². The highest BCUT2D eigenvalue weighted by atomic mass is 16.2. The maximum atomic E-state index is 12.7. The van der Waals surface area contributed by atoms with Gasteiger partial charge in [0.05, 0.1) is 5.92 Å². The summed E-state index contributed by atoms with van der Waals surface area (Å²) in [7, 11) is 0. The number of anilines is 1. The summed E-state index contributed by atoms with van der Waals surface area (Å²) in [6.45, 7) is 9.53. The molecule has 1 aromatic rings. The topological polar surface area (TPSA) is 87.5 Å². The Morgan fingerprint density at radius 2 is 2.00 bits per heavy atom. The zero-order valence-electron chi connectivity index (χ0n) is 16.9. The van der Waals surface area contributed by atoms with Crippen LogP contribution in [0.5, 0.6) is 0 Å². The minimum atomic E-state index is -0.470. The molecule has 2 atom stereocenters. The first-order chi connectivity index (χ1) is 12.9. The third-order valence-corrected chi connectivity index (χ3v) is 5.57. The van der Waals surface area contributed by atoms with Crippen LogP contribution in [0.4, 0.5) is 5.69 Å². The van der Waals surface area contributed by atoms with Gasteiger partial charge in [-0.25, -0.2) is 0 Å². The number of hydrogen-bond donors (Lipinski definition) is 3. The SMILES string of the molecule is CCN(CC)CCNC(=O)c1cccc(NC(=O)C2CCCCC2(C)N)c1. The number of rotatable bonds is 8. The van der Waals surface area contributed by atoms with Gasteiger partial charge >= 0.3 is 0 Å². The second kappa shape index (κ2) is 9.85. The molecular weight excluding hydrogens is 340 g/mol. The third-order valence-electron chi connectivity index (χ3n) is 5.57. The quantitative estimate of drug-likeness (QED) is 0.653. The molecule has 0 aliphatic heterocycles. The number of amides is 2. The van der Waals surface area contributed by atoms with Crippen LogP contribution in [-0.2, 0) is 4.79 Å². The molecule has 1 aromatic carbocycles. The summed E-state index contributed by atoms with van der Waals surface area (Å²) in [6.07, 6.45) is 3.77. The summed E-state index contributed by atoms with van der Waals surface area (Å²) in [6, 6.07) is 7.08. The molecule has 1 saturated carbocycles. The Labute approximate surface area is 162 Å². The third kappa shape index (κ3) is 6.04. The van der Waals surface area contributed by atoms with E-state index in [1.807, 2.05) is 6.92 Å². The lowest BCUT2D eigenvalue weighted by atomic mass is 9.74. The Balaban J connectivity index is 1.94. The van der Waals surface area contributed by atoms with Gasteiger partial charge in [-0.1, -0.05) is 32.8 Å². The molecule has 0 heterocycles. The van der Waals surface area contributed by atoms with E-state index in [4.69, 9.17) is 5.73 Å². The monoisotopic (exact) mass is 374 g/mol. The average Bonchev–Trinajstić information content (AvgIpc) is 2.64. The predicted octanol–water partition coefficient (Wildman–Crippen LogP) is 2.60. The molecule has 6 heteroatoms. The number of hydrogen-bond acceptors (Lipinski definition) is 4. The van der Waals surface area contributed by atoms with E-state index in [0.29, 0.717) is 17.8 Å². The molecule has 0 bridgehead atoms. The highest BCUT2D eigenvalue weighted by molar-refractivity contribution is 5.98. The van der Waals surface area contributed by atoms with Crippen LogP contribution in [0.2, 0.25) is 0 Å². The molecule has 4 N–H and O–H groups in total. The molecule has 0 saturated heterocycles. The van der Waals surface area contributed by atoms with Crippen molar-refractivity contribution >= 4 is 17.5 Å². The van der Waals surface area contributed by atoms with Crippen LogP contribution < -0.4 is 16.4 Å². The number of likely N-dealkylation sites (N-methyl/N-ethyl adjacent to an activating group) is 1. The van der Waals surface area contributed by atoms with Gasteiger partial charge in [0.15, 0.2) is 0 Å². The van der Waals surface area contributed by atoms with Gasteiger partial charge in [0.25, 0.3) is 5.91 Å². The number of nitrogens with two attached hydrogens (primary N) is 1. The molecule has 2 rings (SSSR count). The normalized spacial score (nSPS) is 22.5. The smallest absolute Gasteiger partial charge is 0.251 e. The summed E-state index contributed by atoms with van der Waals surface area (Å²) in [5.74, 6) is -0.379. The maximum absolute atomic E-state index is 12.7. The first-order valence-corrected chi connectivity index (χ1v) is 10.1. The fourth-order valence-electron chi connectivity index (χ4n) is 3.73. The molecule has 150 valence electrons. The van der Waals surface area contributed by atoms with Crippen LogP contribution >= 0.6 is 0 Å². The molecule has 2 unspecified atom stereocenters. The van der Waals surface area contributed by atoms with Crippen molar-refractivity contribution in [2.75, 3.05) is 31.5 Å². The minimum Gasteiger partial charge on any atom is -0.351 e. The van der Waals surface area contributed by atoms with Crippen LogP contribution in [0.25, 0.3) is 0 Å². The largest absolute Gasteiger partial charge is 0.351 e. The standard InChI is InChI=1S/C21H34N4O2/c1-4-25(5-2)14-13-23-19(26)16-9-8-10-17(15-16)24-20(27)18-11-6-7-12-21(18,3)22/h8-10,15,18H,4-7,11-14,22H2,1-3H3,(H,23,26)(H,24,27).